The van der Waals surface area contributed by atoms with Crippen LogP contribution in [0.5, 0.6) is 0 Å². The summed E-state index contributed by atoms with van der Waals surface area (Å²) >= 11 is 0. The van der Waals surface area contributed by atoms with Crippen molar-refractivity contribution in [2.45, 2.75) is 131 Å². The second-order valence-electron chi connectivity index (χ2n) is 11.7. The number of rotatable bonds is 15. The lowest BCUT2D eigenvalue weighted by atomic mass is 9.97. The first kappa shape index (κ1) is 33.5. The number of unbranched alkanes of at least 4 members (excludes halogenated alkanes) is 3. The zero-order valence-corrected chi connectivity index (χ0v) is 25.4. The molecule has 0 saturated heterocycles. The maximum Gasteiger partial charge on any atom is 0.408 e. The molecular weight excluding hydrogens is 478 g/mol. The molecule has 3 atom stereocenters. The number of hydrogen-bond donors (Lipinski definition) is 2. The molecule has 1 aromatic carbocycles. The van der Waals surface area contributed by atoms with E-state index in [0.717, 1.165) is 50.5 Å². The van der Waals surface area contributed by atoms with Crippen LogP contribution in [0.4, 0.5) is 4.79 Å². The van der Waals surface area contributed by atoms with Gasteiger partial charge in [-0.2, -0.15) is 0 Å². The quantitative estimate of drug-likeness (QED) is 0.251. The summed E-state index contributed by atoms with van der Waals surface area (Å²) in [7, 11) is 0. The van der Waals surface area contributed by atoms with Crippen LogP contribution in [0.3, 0.4) is 0 Å². The van der Waals surface area contributed by atoms with Crippen LogP contribution in [0.2, 0.25) is 0 Å². The molecule has 3 amide bonds. The average molecular weight is 532 g/mol. The fourth-order valence-electron chi connectivity index (χ4n) is 4.44. The summed E-state index contributed by atoms with van der Waals surface area (Å²) in [5.74, 6) is -0.664. The number of carbonyl (C=O) groups is 3. The van der Waals surface area contributed by atoms with Gasteiger partial charge in [-0.05, 0) is 64.0 Å². The van der Waals surface area contributed by atoms with E-state index in [1.165, 1.54) is 5.56 Å². The van der Waals surface area contributed by atoms with Gasteiger partial charge in [-0.15, -0.1) is 0 Å². The Labute approximate surface area is 231 Å². The Morgan fingerprint density at radius 2 is 1.53 bits per heavy atom. The maximum atomic E-state index is 14.2. The third-order valence-corrected chi connectivity index (χ3v) is 6.51. The van der Waals surface area contributed by atoms with Gasteiger partial charge in [0.05, 0.1) is 0 Å². The second kappa shape index (κ2) is 16.4. The molecule has 0 spiro atoms. The zero-order chi connectivity index (χ0) is 28.9. The summed E-state index contributed by atoms with van der Waals surface area (Å²) in [6.07, 6.45) is 5.92. The highest BCUT2D eigenvalue weighted by Crippen LogP contribution is 2.26. The van der Waals surface area contributed by atoms with Crippen LogP contribution < -0.4 is 10.6 Å². The molecule has 7 nitrogen and oxygen atoms in total. The smallest absolute Gasteiger partial charge is 0.408 e. The predicted molar refractivity (Wildman–Crippen MR) is 155 cm³/mol. The average Bonchev–Trinajstić information content (AvgIpc) is 2.83. The molecule has 0 heterocycles. The Balaban J connectivity index is 3.48. The zero-order valence-electron chi connectivity index (χ0n) is 25.4. The van der Waals surface area contributed by atoms with Crippen molar-refractivity contribution in [3.8, 4) is 0 Å². The first-order valence-corrected chi connectivity index (χ1v) is 14.5. The van der Waals surface area contributed by atoms with Gasteiger partial charge in [-0.25, -0.2) is 4.79 Å². The number of carbonyl (C=O) groups excluding carboxylic acids is 3. The molecule has 216 valence electrons. The first-order chi connectivity index (χ1) is 17.8. The Morgan fingerprint density at radius 3 is 2.03 bits per heavy atom. The summed E-state index contributed by atoms with van der Waals surface area (Å²) in [6.45, 7) is 17.9. The summed E-state index contributed by atoms with van der Waals surface area (Å²) in [6, 6.07) is 6.30. The number of aryl methyl sites for hydroxylation is 1. The number of hydrogen-bond acceptors (Lipinski definition) is 4. The van der Waals surface area contributed by atoms with Crippen molar-refractivity contribution in [3.05, 3.63) is 35.4 Å². The highest BCUT2D eigenvalue weighted by Gasteiger charge is 2.37. The number of amides is 3. The maximum absolute atomic E-state index is 14.2. The molecule has 1 aromatic rings. The van der Waals surface area contributed by atoms with E-state index in [9.17, 15) is 14.4 Å². The molecule has 0 aromatic heterocycles. The number of ether oxygens (including phenoxy) is 1. The van der Waals surface area contributed by atoms with Crippen LogP contribution in [0.15, 0.2) is 24.3 Å². The van der Waals surface area contributed by atoms with E-state index in [4.69, 9.17) is 4.74 Å². The topological polar surface area (TPSA) is 87.7 Å². The van der Waals surface area contributed by atoms with Gasteiger partial charge in [0.25, 0.3) is 0 Å². The van der Waals surface area contributed by atoms with Gasteiger partial charge in [0.2, 0.25) is 11.8 Å². The van der Waals surface area contributed by atoms with Crippen molar-refractivity contribution in [2.24, 2.45) is 5.92 Å². The molecule has 0 saturated carbocycles. The van der Waals surface area contributed by atoms with Crippen LogP contribution in [-0.4, -0.2) is 47.0 Å². The molecule has 0 bridgehead atoms. The number of alkyl carbamates (subject to hydrolysis) is 1. The van der Waals surface area contributed by atoms with Crippen molar-refractivity contribution in [1.29, 1.82) is 0 Å². The largest absolute Gasteiger partial charge is 0.444 e. The van der Waals surface area contributed by atoms with Crippen LogP contribution in [-0.2, 0) is 20.7 Å². The molecule has 0 aliphatic rings. The summed E-state index contributed by atoms with van der Waals surface area (Å²) in [5, 5.41) is 5.94. The predicted octanol–water partition coefficient (Wildman–Crippen LogP) is 6.55. The lowest BCUT2D eigenvalue weighted by Gasteiger charge is -2.36. The van der Waals surface area contributed by atoms with Crippen LogP contribution in [0.1, 0.15) is 118 Å². The van der Waals surface area contributed by atoms with Gasteiger partial charge in [-0.3, -0.25) is 9.59 Å². The fraction of sp³-hybridized carbons (Fsp3) is 0.710. The Bertz CT molecular complexity index is 861. The third kappa shape index (κ3) is 11.4. The second-order valence-corrected chi connectivity index (χ2v) is 11.7. The number of nitrogens with one attached hydrogen (secondary N) is 2. The van der Waals surface area contributed by atoms with Crippen molar-refractivity contribution in [3.63, 3.8) is 0 Å². The van der Waals surface area contributed by atoms with Crippen LogP contribution in [0.25, 0.3) is 0 Å². The normalized spacial score (nSPS) is 13.9. The lowest BCUT2D eigenvalue weighted by molar-refractivity contribution is -0.143. The van der Waals surface area contributed by atoms with E-state index in [1.54, 1.807) is 25.7 Å². The van der Waals surface area contributed by atoms with Gasteiger partial charge in [0.1, 0.15) is 17.7 Å². The van der Waals surface area contributed by atoms with E-state index in [2.05, 4.69) is 31.4 Å². The molecule has 0 fully saturated rings. The Morgan fingerprint density at radius 1 is 0.895 bits per heavy atom. The minimum absolute atomic E-state index is 0.0113. The van der Waals surface area contributed by atoms with E-state index in [1.807, 2.05) is 45.0 Å². The number of nitrogens with zero attached hydrogens (tertiary/aromatic N) is 1. The molecule has 7 heteroatoms. The minimum atomic E-state index is -0.825. The Kier molecular flexibility index (Phi) is 14.4. The van der Waals surface area contributed by atoms with Crippen LogP contribution in [0, 0.1) is 5.92 Å². The van der Waals surface area contributed by atoms with E-state index in [-0.39, 0.29) is 23.8 Å². The van der Waals surface area contributed by atoms with Crippen molar-refractivity contribution < 1.29 is 19.1 Å². The van der Waals surface area contributed by atoms with Gasteiger partial charge in [0.15, 0.2) is 0 Å². The highest BCUT2D eigenvalue weighted by molar-refractivity contribution is 5.92. The van der Waals surface area contributed by atoms with Crippen molar-refractivity contribution >= 4 is 17.9 Å². The van der Waals surface area contributed by atoms with Gasteiger partial charge in [-0.1, -0.05) is 84.6 Å². The van der Waals surface area contributed by atoms with E-state index < -0.39 is 23.8 Å². The Hall–Kier alpha value is -2.57. The minimum Gasteiger partial charge on any atom is -0.444 e. The van der Waals surface area contributed by atoms with Crippen molar-refractivity contribution in [1.82, 2.24) is 15.5 Å². The highest BCUT2D eigenvalue weighted by atomic mass is 16.6. The standard InChI is InChI=1S/C31H53N3O4/c1-10-13-14-15-21-34(29(36)26(22(4)5)33-30(37)38-31(7,8)9)27(28(35)32-23(6)16-11-2)25-19-17-24(12-3)18-20-25/h17-20,22-23,26-27H,10-16,21H2,1-9H3,(H,32,35)(H,33,37). The summed E-state index contributed by atoms with van der Waals surface area (Å²) < 4.78 is 5.46. The molecule has 1 rings (SSSR count). The van der Waals surface area contributed by atoms with E-state index in [0.29, 0.717) is 6.54 Å². The molecule has 38 heavy (non-hydrogen) atoms. The van der Waals surface area contributed by atoms with Gasteiger partial charge >= 0.3 is 6.09 Å². The monoisotopic (exact) mass is 531 g/mol. The van der Waals surface area contributed by atoms with Crippen molar-refractivity contribution in [2.75, 3.05) is 6.54 Å². The summed E-state index contributed by atoms with van der Waals surface area (Å²) in [5.41, 5.74) is 1.25. The third-order valence-electron chi connectivity index (χ3n) is 6.51. The molecular formula is C31H53N3O4. The fourth-order valence-corrected chi connectivity index (χ4v) is 4.44. The van der Waals surface area contributed by atoms with Gasteiger partial charge < -0.3 is 20.3 Å². The molecule has 0 radical (unpaired) electrons. The van der Waals surface area contributed by atoms with Gasteiger partial charge in [0, 0.05) is 12.6 Å². The molecule has 0 aliphatic carbocycles. The molecule has 0 aliphatic heterocycles. The van der Waals surface area contributed by atoms with Crippen LogP contribution >= 0.6 is 0 Å². The molecule has 3 unspecified atom stereocenters. The first-order valence-electron chi connectivity index (χ1n) is 14.5. The SMILES string of the molecule is CCCCCCN(C(=O)C(NC(=O)OC(C)(C)C)C(C)C)C(C(=O)NC(C)CCC)c1ccc(CC)cc1. The number of benzene rings is 1. The van der Waals surface area contributed by atoms with E-state index >= 15 is 0 Å². The summed E-state index contributed by atoms with van der Waals surface area (Å²) in [4.78, 5) is 42.3. The molecule has 2 N–H and O–H groups in total. The lowest BCUT2D eigenvalue weighted by Crippen LogP contribution is -2.55.